The number of benzene rings is 2. The van der Waals surface area contributed by atoms with E-state index in [0.29, 0.717) is 6.54 Å². The molecule has 0 spiro atoms. The van der Waals surface area contributed by atoms with Gasteiger partial charge in [0.05, 0.1) is 0 Å². The summed E-state index contributed by atoms with van der Waals surface area (Å²) < 4.78 is 0. The van der Waals surface area contributed by atoms with Crippen molar-refractivity contribution in [3.05, 3.63) is 71.8 Å². The maximum atomic E-state index is 12.1. The van der Waals surface area contributed by atoms with Gasteiger partial charge in [-0.3, -0.25) is 4.79 Å². The topological polar surface area (TPSA) is 52.6 Å². The van der Waals surface area contributed by atoms with Gasteiger partial charge in [0.15, 0.2) is 0 Å². The monoisotopic (exact) mass is 338 g/mol. The van der Waals surface area contributed by atoms with Gasteiger partial charge in [0.25, 0.3) is 0 Å². The Hall–Kier alpha value is -2.59. The Morgan fingerprint density at radius 3 is 2.36 bits per heavy atom. The Morgan fingerprint density at radius 2 is 1.76 bits per heavy atom. The normalized spacial score (nSPS) is 13.8. The second-order valence-corrected chi connectivity index (χ2v) is 6.70. The van der Waals surface area contributed by atoms with Crippen LogP contribution < -0.4 is 5.32 Å². The molecule has 0 aliphatic carbocycles. The van der Waals surface area contributed by atoms with Gasteiger partial charge < -0.3 is 15.3 Å². The van der Waals surface area contributed by atoms with Gasteiger partial charge in [-0.2, -0.15) is 0 Å². The molecule has 0 saturated heterocycles. The van der Waals surface area contributed by atoms with Crippen molar-refractivity contribution in [2.75, 3.05) is 20.6 Å². The number of carbonyl (C=O) groups excluding carboxylic acids is 1. The van der Waals surface area contributed by atoms with E-state index in [2.05, 4.69) is 17.1 Å². The van der Waals surface area contributed by atoms with Crippen LogP contribution in [0.5, 0.6) is 5.75 Å². The van der Waals surface area contributed by atoms with E-state index in [1.807, 2.05) is 62.6 Å². The highest BCUT2D eigenvalue weighted by molar-refractivity contribution is 5.91. The molecule has 0 bridgehead atoms. The summed E-state index contributed by atoms with van der Waals surface area (Å²) in [4.78, 5) is 14.2. The second-order valence-electron chi connectivity index (χ2n) is 6.70. The summed E-state index contributed by atoms with van der Waals surface area (Å²) in [7, 11) is 4.01. The first-order valence-corrected chi connectivity index (χ1v) is 8.35. The largest absolute Gasteiger partial charge is 0.508 e. The predicted molar refractivity (Wildman–Crippen MR) is 102 cm³/mol. The number of amides is 1. The summed E-state index contributed by atoms with van der Waals surface area (Å²) in [6, 6.07) is 16.9. The molecule has 2 aromatic rings. The second kappa shape index (κ2) is 8.49. The highest BCUT2D eigenvalue weighted by atomic mass is 16.3. The third-order valence-corrected chi connectivity index (χ3v) is 4.47. The maximum absolute atomic E-state index is 12.1. The molecule has 132 valence electrons. The summed E-state index contributed by atoms with van der Waals surface area (Å²) in [6.07, 6.45) is 4.14. The van der Waals surface area contributed by atoms with E-state index in [0.717, 1.165) is 17.5 Å². The lowest BCUT2D eigenvalue weighted by Crippen LogP contribution is -2.51. The average molecular weight is 338 g/mol. The van der Waals surface area contributed by atoms with Crippen LogP contribution in [-0.2, 0) is 11.2 Å². The molecular formula is C21H26N2O2. The van der Waals surface area contributed by atoms with Crippen molar-refractivity contribution in [3.63, 3.8) is 0 Å². The van der Waals surface area contributed by atoms with Crippen LogP contribution in [-0.4, -0.2) is 42.1 Å². The summed E-state index contributed by atoms with van der Waals surface area (Å²) >= 11 is 0. The number of nitrogens with zero attached hydrogens (tertiary/aromatic N) is 1. The van der Waals surface area contributed by atoms with Crippen LogP contribution in [0.25, 0.3) is 6.08 Å². The minimum atomic E-state index is -0.229. The summed E-state index contributed by atoms with van der Waals surface area (Å²) in [5, 5.41) is 12.4. The SMILES string of the molecule is CN(C)C(C)(CNC(=O)/C=C/c1ccccc1)Cc1ccc(O)cc1. The van der Waals surface area contributed by atoms with E-state index >= 15 is 0 Å². The number of hydrogen-bond acceptors (Lipinski definition) is 3. The van der Waals surface area contributed by atoms with Gasteiger partial charge in [0.1, 0.15) is 5.75 Å². The number of nitrogens with one attached hydrogen (secondary N) is 1. The zero-order chi connectivity index (χ0) is 18.3. The molecule has 0 radical (unpaired) electrons. The van der Waals surface area contributed by atoms with Crippen LogP contribution in [0.1, 0.15) is 18.1 Å². The first-order chi connectivity index (χ1) is 11.9. The molecular weight excluding hydrogens is 312 g/mol. The molecule has 2 N–H and O–H groups in total. The van der Waals surface area contributed by atoms with E-state index in [9.17, 15) is 9.90 Å². The molecule has 0 aliphatic heterocycles. The number of likely N-dealkylation sites (N-methyl/N-ethyl adjacent to an activating group) is 1. The molecule has 25 heavy (non-hydrogen) atoms. The van der Waals surface area contributed by atoms with Gasteiger partial charge >= 0.3 is 0 Å². The Labute approximate surface area is 149 Å². The zero-order valence-corrected chi connectivity index (χ0v) is 15.1. The van der Waals surface area contributed by atoms with Gasteiger partial charge in [0.2, 0.25) is 5.91 Å². The molecule has 4 nitrogen and oxygen atoms in total. The zero-order valence-electron chi connectivity index (χ0n) is 15.1. The number of aromatic hydroxyl groups is 1. The first kappa shape index (κ1) is 18.7. The fraction of sp³-hybridized carbons (Fsp3) is 0.286. The molecule has 0 fully saturated rings. The number of rotatable bonds is 7. The molecule has 0 aromatic heterocycles. The Morgan fingerprint density at radius 1 is 1.12 bits per heavy atom. The molecule has 0 saturated carbocycles. The van der Waals surface area contributed by atoms with Gasteiger partial charge in [-0.1, -0.05) is 42.5 Å². The fourth-order valence-electron chi connectivity index (χ4n) is 2.50. The van der Waals surface area contributed by atoms with E-state index in [1.54, 1.807) is 18.2 Å². The maximum Gasteiger partial charge on any atom is 0.244 e. The third kappa shape index (κ3) is 5.76. The van der Waals surface area contributed by atoms with E-state index in [4.69, 9.17) is 0 Å². The van der Waals surface area contributed by atoms with Gasteiger partial charge in [-0.05, 0) is 56.8 Å². The highest BCUT2D eigenvalue weighted by Gasteiger charge is 2.27. The standard InChI is InChI=1S/C21H26N2O2/c1-21(23(2)3,15-18-9-12-19(24)13-10-18)16-22-20(25)14-11-17-7-5-4-6-8-17/h4-14,24H,15-16H2,1-3H3,(H,22,25)/b14-11+. The van der Waals surface area contributed by atoms with Gasteiger partial charge in [-0.25, -0.2) is 0 Å². The molecule has 4 heteroatoms. The lowest BCUT2D eigenvalue weighted by Gasteiger charge is -2.37. The number of hydrogen-bond donors (Lipinski definition) is 2. The minimum absolute atomic E-state index is 0.109. The molecule has 0 aliphatic rings. The quantitative estimate of drug-likeness (QED) is 0.763. The Bertz CT molecular complexity index is 708. The van der Waals surface area contributed by atoms with Crippen LogP contribution in [0, 0.1) is 0 Å². The van der Waals surface area contributed by atoms with E-state index in [-0.39, 0.29) is 17.2 Å². The Balaban J connectivity index is 1.97. The minimum Gasteiger partial charge on any atom is -0.508 e. The van der Waals surface area contributed by atoms with Crippen LogP contribution in [0.15, 0.2) is 60.7 Å². The van der Waals surface area contributed by atoms with Crippen LogP contribution in [0.3, 0.4) is 0 Å². The Kier molecular flexibility index (Phi) is 6.37. The number of phenols is 1. The predicted octanol–water partition coefficient (Wildman–Crippen LogP) is 3.08. The molecule has 1 unspecified atom stereocenters. The van der Waals surface area contributed by atoms with Crippen molar-refractivity contribution in [1.29, 1.82) is 0 Å². The van der Waals surface area contributed by atoms with Crippen LogP contribution in [0.4, 0.5) is 0 Å². The van der Waals surface area contributed by atoms with Crippen molar-refractivity contribution in [3.8, 4) is 5.75 Å². The molecule has 1 amide bonds. The lowest BCUT2D eigenvalue weighted by molar-refractivity contribution is -0.117. The van der Waals surface area contributed by atoms with Gasteiger partial charge in [-0.15, -0.1) is 0 Å². The number of carbonyl (C=O) groups is 1. The molecule has 2 aromatic carbocycles. The van der Waals surface area contributed by atoms with Crippen molar-refractivity contribution in [2.45, 2.75) is 18.9 Å². The first-order valence-electron chi connectivity index (χ1n) is 8.35. The van der Waals surface area contributed by atoms with E-state index in [1.165, 1.54) is 0 Å². The van der Waals surface area contributed by atoms with Crippen molar-refractivity contribution >= 4 is 12.0 Å². The molecule has 2 rings (SSSR count). The lowest BCUT2D eigenvalue weighted by atomic mass is 9.91. The third-order valence-electron chi connectivity index (χ3n) is 4.47. The van der Waals surface area contributed by atoms with E-state index < -0.39 is 0 Å². The average Bonchev–Trinajstić information content (AvgIpc) is 2.61. The number of phenolic OH excluding ortho intramolecular Hbond substituents is 1. The summed E-state index contributed by atoms with van der Waals surface area (Å²) in [5.41, 5.74) is 1.88. The summed E-state index contributed by atoms with van der Waals surface area (Å²) in [5.74, 6) is 0.150. The van der Waals surface area contributed by atoms with Crippen LogP contribution in [0.2, 0.25) is 0 Å². The van der Waals surface area contributed by atoms with Crippen LogP contribution >= 0.6 is 0 Å². The fourth-order valence-corrected chi connectivity index (χ4v) is 2.50. The van der Waals surface area contributed by atoms with Crippen molar-refractivity contribution in [1.82, 2.24) is 10.2 Å². The van der Waals surface area contributed by atoms with Crippen molar-refractivity contribution < 1.29 is 9.90 Å². The molecule has 0 heterocycles. The van der Waals surface area contributed by atoms with Gasteiger partial charge in [0, 0.05) is 18.2 Å². The molecule has 1 atom stereocenters. The summed E-state index contributed by atoms with van der Waals surface area (Å²) in [6.45, 7) is 2.64. The highest BCUT2D eigenvalue weighted by Crippen LogP contribution is 2.20. The smallest absolute Gasteiger partial charge is 0.244 e. The van der Waals surface area contributed by atoms with Crippen molar-refractivity contribution in [2.24, 2.45) is 0 Å².